The van der Waals surface area contributed by atoms with Gasteiger partial charge in [0.05, 0.1) is 0 Å². The Labute approximate surface area is 166 Å². The van der Waals surface area contributed by atoms with Crippen molar-refractivity contribution < 1.29 is 9.59 Å². The van der Waals surface area contributed by atoms with Gasteiger partial charge in [0, 0.05) is 11.6 Å². The normalized spacial score (nSPS) is 12.8. The molecule has 5 heteroatoms. The summed E-state index contributed by atoms with van der Waals surface area (Å²) in [6.45, 7) is 2.01. The first-order valence-electron chi connectivity index (χ1n) is 9.29. The molecule has 0 radical (unpaired) electrons. The number of amides is 2. The molecule has 0 aliphatic heterocycles. The molecular formula is C22H28N2O2S. The zero-order valence-corrected chi connectivity index (χ0v) is 16.8. The minimum Gasteiger partial charge on any atom is -0.352 e. The van der Waals surface area contributed by atoms with Gasteiger partial charge in [-0.25, -0.2) is 0 Å². The van der Waals surface area contributed by atoms with E-state index in [-0.39, 0.29) is 17.9 Å². The fourth-order valence-corrected chi connectivity index (χ4v) is 3.25. The third-order valence-corrected chi connectivity index (χ3v) is 5.01. The van der Waals surface area contributed by atoms with Crippen LogP contribution in [0.2, 0.25) is 0 Å². The summed E-state index contributed by atoms with van der Waals surface area (Å²) in [5.41, 5.74) is 1.83. The number of hydrogen-bond donors (Lipinski definition) is 2. The molecule has 0 saturated carbocycles. The van der Waals surface area contributed by atoms with Crippen molar-refractivity contribution >= 4 is 23.6 Å². The van der Waals surface area contributed by atoms with E-state index in [9.17, 15) is 9.59 Å². The Kier molecular flexibility index (Phi) is 8.92. The first-order chi connectivity index (χ1) is 13.1. The van der Waals surface area contributed by atoms with Gasteiger partial charge in [-0.15, -0.1) is 0 Å². The van der Waals surface area contributed by atoms with Crippen LogP contribution in [0, 0.1) is 0 Å². The highest BCUT2D eigenvalue weighted by Crippen LogP contribution is 2.07. The summed E-state index contributed by atoms with van der Waals surface area (Å²) in [4.78, 5) is 25.1. The number of aryl methyl sites for hydroxylation is 1. The van der Waals surface area contributed by atoms with Crippen LogP contribution in [0.3, 0.4) is 0 Å². The summed E-state index contributed by atoms with van der Waals surface area (Å²) >= 11 is 1.67. The zero-order valence-electron chi connectivity index (χ0n) is 16.0. The SMILES string of the molecule is CSCC[C@H](NC(=O)c1ccccc1)C(=O)N[C@H](C)CCc1ccccc1. The summed E-state index contributed by atoms with van der Waals surface area (Å²) in [7, 11) is 0. The van der Waals surface area contributed by atoms with Crippen molar-refractivity contribution in [1.82, 2.24) is 10.6 Å². The molecule has 0 aromatic heterocycles. The lowest BCUT2D eigenvalue weighted by Gasteiger charge is -2.21. The first kappa shape index (κ1) is 21.0. The number of hydrogen-bond acceptors (Lipinski definition) is 3. The van der Waals surface area contributed by atoms with E-state index in [1.54, 1.807) is 23.9 Å². The van der Waals surface area contributed by atoms with Crippen molar-refractivity contribution in [2.45, 2.75) is 38.3 Å². The van der Waals surface area contributed by atoms with E-state index in [4.69, 9.17) is 0 Å². The molecule has 0 unspecified atom stereocenters. The van der Waals surface area contributed by atoms with Gasteiger partial charge in [-0.3, -0.25) is 9.59 Å². The second-order valence-corrected chi connectivity index (χ2v) is 7.59. The van der Waals surface area contributed by atoms with Gasteiger partial charge >= 0.3 is 0 Å². The van der Waals surface area contributed by atoms with Crippen LogP contribution in [-0.4, -0.2) is 35.9 Å². The molecule has 2 amide bonds. The van der Waals surface area contributed by atoms with Crippen molar-refractivity contribution in [2.75, 3.05) is 12.0 Å². The second kappa shape index (κ2) is 11.4. The molecule has 0 heterocycles. The van der Waals surface area contributed by atoms with Gasteiger partial charge in [-0.2, -0.15) is 11.8 Å². The number of carbonyl (C=O) groups excluding carboxylic acids is 2. The largest absolute Gasteiger partial charge is 0.352 e. The van der Waals surface area contributed by atoms with Crippen LogP contribution in [0.4, 0.5) is 0 Å². The van der Waals surface area contributed by atoms with E-state index >= 15 is 0 Å². The lowest BCUT2D eigenvalue weighted by Crippen LogP contribution is -2.49. The van der Waals surface area contributed by atoms with Gasteiger partial charge in [-0.1, -0.05) is 48.5 Å². The number of nitrogens with one attached hydrogen (secondary N) is 2. The third kappa shape index (κ3) is 7.47. The van der Waals surface area contributed by atoms with Gasteiger partial charge in [0.15, 0.2) is 0 Å². The first-order valence-corrected chi connectivity index (χ1v) is 10.7. The van der Waals surface area contributed by atoms with Crippen LogP contribution < -0.4 is 10.6 Å². The number of rotatable bonds is 10. The van der Waals surface area contributed by atoms with Crippen LogP contribution in [0.5, 0.6) is 0 Å². The van der Waals surface area contributed by atoms with Crippen molar-refractivity contribution in [1.29, 1.82) is 0 Å². The number of carbonyl (C=O) groups is 2. The summed E-state index contributed by atoms with van der Waals surface area (Å²) in [5.74, 6) is 0.480. The number of benzene rings is 2. The molecule has 2 aromatic rings. The lowest BCUT2D eigenvalue weighted by atomic mass is 10.1. The molecule has 0 aliphatic carbocycles. The Hall–Kier alpha value is -2.27. The Morgan fingerprint density at radius 2 is 1.56 bits per heavy atom. The fourth-order valence-electron chi connectivity index (χ4n) is 2.78. The van der Waals surface area contributed by atoms with Crippen molar-refractivity contribution in [3.05, 3.63) is 71.8 Å². The van der Waals surface area contributed by atoms with E-state index in [0.717, 1.165) is 18.6 Å². The average molecular weight is 385 g/mol. The maximum absolute atomic E-state index is 12.7. The monoisotopic (exact) mass is 384 g/mol. The second-order valence-electron chi connectivity index (χ2n) is 6.61. The van der Waals surface area contributed by atoms with E-state index in [0.29, 0.717) is 12.0 Å². The molecule has 2 atom stereocenters. The summed E-state index contributed by atoms with van der Waals surface area (Å²) in [6, 6.07) is 18.8. The Morgan fingerprint density at radius 1 is 0.926 bits per heavy atom. The molecule has 27 heavy (non-hydrogen) atoms. The Bertz CT molecular complexity index is 707. The smallest absolute Gasteiger partial charge is 0.251 e. The highest BCUT2D eigenvalue weighted by atomic mass is 32.2. The minimum atomic E-state index is -0.524. The predicted octanol–water partition coefficient (Wildman–Crippen LogP) is 3.68. The van der Waals surface area contributed by atoms with E-state index in [1.165, 1.54) is 5.56 Å². The molecule has 2 aromatic carbocycles. The molecule has 0 aliphatic rings. The van der Waals surface area contributed by atoms with Crippen LogP contribution in [-0.2, 0) is 11.2 Å². The molecule has 0 saturated heterocycles. The Morgan fingerprint density at radius 3 is 2.19 bits per heavy atom. The van der Waals surface area contributed by atoms with Gasteiger partial charge < -0.3 is 10.6 Å². The standard InChI is InChI=1S/C22H28N2O2S/c1-17(13-14-18-9-5-3-6-10-18)23-22(26)20(15-16-27-2)24-21(25)19-11-7-4-8-12-19/h3-12,17,20H,13-16H2,1-2H3,(H,23,26)(H,24,25)/t17-,20+/m1/s1. The van der Waals surface area contributed by atoms with Crippen LogP contribution >= 0.6 is 11.8 Å². The van der Waals surface area contributed by atoms with Crippen molar-refractivity contribution in [2.24, 2.45) is 0 Å². The molecule has 2 N–H and O–H groups in total. The van der Waals surface area contributed by atoms with Gasteiger partial charge in [-0.05, 0) is 55.9 Å². The topological polar surface area (TPSA) is 58.2 Å². The van der Waals surface area contributed by atoms with Gasteiger partial charge in [0.2, 0.25) is 5.91 Å². The molecule has 0 fully saturated rings. The fraction of sp³-hybridized carbons (Fsp3) is 0.364. The third-order valence-electron chi connectivity index (χ3n) is 4.37. The van der Waals surface area contributed by atoms with E-state index < -0.39 is 6.04 Å². The molecule has 0 bridgehead atoms. The summed E-state index contributed by atoms with van der Waals surface area (Å²) < 4.78 is 0. The minimum absolute atomic E-state index is 0.0445. The van der Waals surface area contributed by atoms with Crippen LogP contribution in [0.15, 0.2) is 60.7 Å². The highest BCUT2D eigenvalue weighted by molar-refractivity contribution is 7.98. The van der Waals surface area contributed by atoms with E-state index in [1.807, 2.05) is 49.6 Å². The maximum atomic E-state index is 12.7. The summed E-state index contributed by atoms with van der Waals surface area (Å²) in [5, 5.41) is 5.94. The molecule has 144 valence electrons. The molecule has 2 rings (SSSR count). The highest BCUT2D eigenvalue weighted by Gasteiger charge is 2.22. The summed E-state index contributed by atoms with van der Waals surface area (Å²) in [6.07, 6.45) is 4.37. The number of thioether (sulfide) groups is 1. The maximum Gasteiger partial charge on any atom is 0.251 e. The average Bonchev–Trinajstić information content (AvgIpc) is 2.70. The van der Waals surface area contributed by atoms with Crippen molar-refractivity contribution in [3.8, 4) is 0 Å². The molecular weight excluding hydrogens is 356 g/mol. The van der Waals surface area contributed by atoms with E-state index in [2.05, 4.69) is 22.8 Å². The van der Waals surface area contributed by atoms with Crippen molar-refractivity contribution in [3.63, 3.8) is 0 Å². The van der Waals surface area contributed by atoms with Crippen LogP contribution in [0.25, 0.3) is 0 Å². The zero-order chi connectivity index (χ0) is 19.5. The van der Waals surface area contributed by atoms with Gasteiger partial charge in [0.1, 0.15) is 6.04 Å². The lowest BCUT2D eigenvalue weighted by molar-refractivity contribution is -0.123. The Balaban J connectivity index is 1.89. The quantitative estimate of drug-likeness (QED) is 0.657. The molecule has 4 nitrogen and oxygen atoms in total. The predicted molar refractivity (Wildman–Crippen MR) is 113 cm³/mol. The van der Waals surface area contributed by atoms with Gasteiger partial charge in [0.25, 0.3) is 5.91 Å². The molecule has 0 spiro atoms. The van der Waals surface area contributed by atoms with Crippen LogP contribution in [0.1, 0.15) is 35.7 Å².